The van der Waals surface area contributed by atoms with Crippen LogP contribution in [-0.4, -0.2) is 24.4 Å². The largest absolute Gasteiger partial charge is 0.495 e. The minimum Gasteiger partial charge on any atom is -0.495 e. The Balaban J connectivity index is 1.71. The monoisotopic (exact) mass is 350 g/mol. The number of benzene rings is 2. The van der Waals surface area contributed by atoms with Crippen LogP contribution in [0.15, 0.2) is 36.4 Å². The van der Waals surface area contributed by atoms with E-state index in [1.807, 2.05) is 0 Å². The summed E-state index contributed by atoms with van der Waals surface area (Å²) >= 11 is 7.31. The number of anilines is 1. The molecule has 1 aromatic heterocycles. The van der Waals surface area contributed by atoms with Crippen LogP contribution in [-0.2, 0) is 0 Å². The number of nitrogens with zero attached hydrogens (tertiary/aromatic N) is 1. The number of fused-ring (bicyclic) bond motifs is 1. The predicted molar refractivity (Wildman–Crippen MR) is 90.4 cm³/mol. The number of ketones is 1. The van der Waals surface area contributed by atoms with Crippen molar-refractivity contribution in [3.05, 3.63) is 52.8 Å². The lowest BCUT2D eigenvalue weighted by Crippen LogP contribution is -2.13. The number of Topliss-reactive ketones (excluding diaryl/α,β-unsaturated/α-hetero) is 1. The van der Waals surface area contributed by atoms with E-state index in [0.717, 1.165) is 4.70 Å². The van der Waals surface area contributed by atoms with Crippen LogP contribution in [0.1, 0.15) is 10.4 Å². The quantitative estimate of drug-likeness (QED) is 0.693. The molecule has 0 aliphatic rings. The number of halogens is 2. The first kappa shape index (κ1) is 15.7. The van der Waals surface area contributed by atoms with Crippen LogP contribution in [0.5, 0.6) is 5.75 Å². The number of aromatic nitrogens is 1. The molecule has 0 bridgehead atoms. The van der Waals surface area contributed by atoms with Crippen LogP contribution >= 0.6 is 22.9 Å². The molecule has 0 fully saturated rings. The molecule has 0 unspecified atom stereocenters. The minimum absolute atomic E-state index is 0.0744. The molecule has 0 spiro atoms. The van der Waals surface area contributed by atoms with E-state index in [1.165, 1.54) is 30.6 Å². The van der Waals surface area contributed by atoms with Crippen molar-refractivity contribution in [1.29, 1.82) is 0 Å². The summed E-state index contributed by atoms with van der Waals surface area (Å²) < 4.78 is 18.9. The molecule has 0 atom stereocenters. The van der Waals surface area contributed by atoms with Gasteiger partial charge in [-0.25, -0.2) is 9.37 Å². The summed E-state index contributed by atoms with van der Waals surface area (Å²) in [4.78, 5) is 16.5. The third-order valence-electron chi connectivity index (χ3n) is 3.22. The van der Waals surface area contributed by atoms with E-state index < -0.39 is 0 Å². The minimum atomic E-state index is -0.309. The maximum Gasteiger partial charge on any atom is 0.184 e. The number of methoxy groups -OCH3 is 1. The molecule has 0 aliphatic heterocycles. The first-order chi connectivity index (χ1) is 11.1. The van der Waals surface area contributed by atoms with Gasteiger partial charge in [0.05, 0.1) is 28.9 Å². The molecule has 23 heavy (non-hydrogen) atoms. The van der Waals surface area contributed by atoms with E-state index in [0.29, 0.717) is 27.0 Å². The second-order valence-corrected chi connectivity index (χ2v) is 6.19. The number of carbonyl (C=O) groups excluding carboxylic acids is 1. The van der Waals surface area contributed by atoms with E-state index in [4.69, 9.17) is 16.3 Å². The molecule has 0 aliphatic carbocycles. The highest BCUT2D eigenvalue weighted by molar-refractivity contribution is 7.22. The molecule has 3 aromatic rings. The lowest BCUT2D eigenvalue weighted by Gasteiger charge is -2.06. The molecule has 3 rings (SSSR count). The van der Waals surface area contributed by atoms with Crippen LogP contribution in [0, 0.1) is 5.82 Å². The van der Waals surface area contributed by atoms with Gasteiger partial charge in [0.1, 0.15) is 11.6 Å². The molecule has 1 heterocycles. The van der Waals surface area contributed by atoms with Gasteiger partial charge >= 0.3 is 0 Å². The van der Waals surface area contributed by atoms with Crippen LogP contribution in [0.25, 0.3) is 10.2 Å². The highest BCUT2D eigenvalue weighted by Gasteiger charge is 2.11. The van der Waals surface area contributed by atoms with Gasteiger partial charge in [0.15, 0.2) is 10.9 Å². The van der Waals surface area contributed by atoms with Gasteiger partial charge in [-0.05, 0) is 36.4 Å². The maximum atomic E-state index is 13.2. The van der Waals surface area contributed by atoms with Gasteiger partial charge in [-0.2, -0.15) is 0 Å². The average Bonchev–Trinajstić information content (AvgIpc) is 2.94. The number of hydrogen-bond acceptors (Lipinski definition) is 5. The zero-order chi connectivity index (χ0) is 16.4. The summed E-state index contributed by atoms with van der Waals surface area (Å²) in [6.45, 7) is 0.0744. The van der Waals surface area contributed by atoms with E-state index >= 15 is 0 Å². The van der Waals surface area contributed by atoms with E-state index in [9.17, 15) is 9.18 Å². The number of thiazole rings is 1. The first-order valence-corrected chi connectivity index (χ1v) is 7.93. The third-order valence-corrected chi connectivity index (χ3v) is 4.50. The molecule has 0 saturated carbocycles. The Morgan fingerprint density at radius 3 is 2.91 bits per heavy atom. The number of hydrogen-bond donors (Lipinski definition) is 1. The molecule has 0 amide bonds. The van der Waals surface area contributed by atoms with Crippen LogP contribution in [0.2, 0.25) is 5.02 Å². The Hall–Kier alpha value is -2.18. The lowest BCUT2D eigenvalue weighted by molar-refractivity contribution is 0.101. The second-order valence-electron chi connectivity index (χ2n) is 4.76. The topological polar surface area (TPSA) is 51.2 Å². The standard InChI is InChI=1S/C16H12ClFN2O2S/c1-22-14-5-2-9(6-11(14)17)13(21)8-19-16-20-12-4-3-10(18)7-15(12)23-16/h2-7H,8H2,1H3,(H,19,20). The number of nitrogens with one attached hydrogen (secondary N) is 1. The molecular weight excluding hydrogens is 339 g/mol. The Bertz CT molecular complexity index is 882. The summed E-state index contributed by atoms with van der Waals surface area (Å²) in [5, 5.41) is 3.91. The number of carbonyl (C=O) groups is 1. The summed E-state index contributed by atoms with van der Waals surface area (Å²) in [7, 11) is 1.51. The molecule has 4 nitrogen and oxygen atoms in total. The molecule has 118 valence electrons. The smallest absolute Gasteiger partial charge is 0.184 e. The second kappa shape index (κ2) is 6.52. The third kappa shape index (κ3) is 3.43. The van der Waals surface area contributed by atoms with Gasteiger partial charge in [-0.3, -0.25) is 4.79 Å². The van der Waals surface area contributed by atoms with Crippen molar-refractivity contribution in [2.45, 2.75) is 0 Å². The summed E-state index contributed by atoms with van der Waals surface area (Å²) in [6, 6.07) is 9.26. The zero-order valence-electron chi connectivity index (χ0n) is 12.1. The maximum absolute atomic E-state index is 13.2. The Labute approximate surface area is 140 Å². The van der Waals surface area contributed by atoms with Crippen molar-refractivity contribution in [3.8, 4) is 5.75 Å². The van der Waals surface area contributed by atoms with Crippen molar-refractivity contribution in [1.82, 2.24) is 4.98 Å². The first-order valence-electron chi connectivity index (χ1n) is 6.73. The lowest BCUT2D eigenvalue weighted by atomic mass is 10.1. The van der Waals surface area contributed by atoms with Crippen molar-refractivity contribution < 1.29 is 13.9 Å². The van der Waals surface area contributed by atoms with Crippen molar-refractivity contribution >= 4 is 44.1 Å². The van der Waals surface area contributed by atoms with Crippen molar-refractivity contribution in [2.75, 3.05) is 19.0 Å². The van der Waals surface area contributed by atoms with Gasteiger partial charge in [0, 0.05) is 5.56 Å². The molecule has 0 radical (unpaired) electrons. The highest BCUT2D eigenvalue weighted by atomic mass is 35.5. The van der Waals surface area contributed by atoms with Gasteiger partial charge in [-0.15, -0.1) is 0 Å². The molecule has 1 N–H and O–H groups in total. The van der Waals surface area contributed by atoms with Crippen molar-refractivity contribution in [3.63, 3.8) is 0 Å². The Kier molecular flexibility index (Phi) is 4.45. The summed E-state index contributed by atoms with van der Waals surface area (Å²) in [6.07, 6.45) is 0. The van der Waals surface area contributed by atoms with Crippen molar-refractivity contribution in [2.24, 2.45) is 0 Å². The fourth-order valence-electron chi connectivity index (χ4n) is 2.07. The van der Waals surface area contributed by atoms with E-state index in [2.05, 4.69) is 10.3 Å². The predicted octanol–water partition coefficient (Wildman–Crippen LogP) is 4.39. The fraction of sp³-hybridized carbons (Fsp3) is 0.125. The van der Waals surface area contributed by atoms with Crippen LogP contribution in [0.3, 0.4) is 0 Å². The number of ether oxygens (including phenoxy) is 1. The van der Waals surface area contributed by atoms with Gasteiger partial charge < -0.3 is 10.1 Å². The van der Waals surface area contributed by atoms with Gasteiger partial charge in [0.2, 0.25) is 0 Å². The Morgan fingerprint density at radius 1 is 1.35 bits per heavy atom. The zero-order valence-corrected chi connectivity index (χ0v) is 13.7. The van der Waals surface area contributed by atoms with Crippen LogP contribution < -0.4 is 10.1 Å². The molecule has 2 aromatic carbocycles. The van der Waals surface area contributed by atoms with E-state index in [1.54, 1.807) is 24.3 Å². The summed E-state index contributed by atoms with van der Waals surface area (Å²) in [5.41, 5.74) is 1.18. The van der Waals surface area contributed by atoms with Crippen LogP contribution in [0.4, 0.5) is 9.52 Å². The van der Waals surface area contributed by atoms with Gasteiger partial charge in [0.25, 0.3) is 0 Å². The summed E-state index contributed by atoms with van der Waals surface area (Å²) in [5.74, 6) is 0.0843. The van der Waals surface area contributed by atoms with Gasteiger partial charge in [-0.1, -0.05) is 22.9 Å². The normalized spacial score (nSPS) is 10.7. The SMILES string of the molecule is COc1ccc(C(=O)CNc2nc3ccc(F)cc3s2)cc1Cl. The fourth-order valence-corrected chi connectivity index (χ4v) is 3.22. The highest BCUT2D eigenvalue weighted by Crippen LogP contribution is 2.27. The van der Waals surface area contributed by atoms with E-state index in [-0.39, 0.29) is 18.1 Å². The Morgan fingerprint density at radius 2 is 2.17 bits per heavy atom. The number of rotatable bonds is 5. The molecule has 7 heteroatoms. The average molecular weight is 351 g/mol. The molecule has 0 saturated heterocycles. The molecular formula is C16H12ClFN2O2S.